The smallest absolute Gasteiger partial charge is 0.220 e. The topological polar surface area (TPSA) is 63.1 Å². The molecule has 0 bridgehead atoms. The van der Waals surface area contributed by atoms with Gasteiger partial charge >= 0.3 is 0 Å². The Morgan fingerprint density at radius 1 is 1.03 bits per heavy atom. The van der Waals surface area contributed by atoms with Crippen LogP contribution in [0.15, 0.2) is 66.7 Å². The minimum absolute atomic E-state index is 0.0417. The van der Waals surface area contributed by atoms with E-state index in [0.29, 0.717) is 6.42 Å². The summed E-state index contributed by atoms with van der Waals surface area (Å²) < 4.78 is 2.18. The van der Waals surface area contributed by atoms with E-state index < -0.39 is 0 Å². The normalized spacial score (nSPS) is 15.3. The van der Waals surface area contributed by atoms with Crippen LogP contribution in [-0.2, 0) is 24.2 Å². The fourth-order valence-corrected chi connectivity index (χ4v) is 4.07. The Hall–Kier alpha value is -3.25. The van der Waals surface area contributed by atoms with Crippen molar-refractivity contribution >= 4 is 12.0 Å². The lowest BCUT2D eigenvalue weighted by atomic mass is 10.1. The molecule has 32 heavy (non-hydrogen) atoms. The van der Waals surface area contributed by atoms with Crippen molar-refractivity contribution in [1.82, 2.24) is 25.0 Å². The quantitative estimate of drug-likeness (QED) is 0.594. The first-order valence-electron chi connectivity index (χ1n) is 11.4. The third-order valence-electron chi connectivity index (χ3n) is 5.87. The van der Waals surface area contributed by atoms with E-state index in [1.807, 2.05) is 31.2 Å². The summed E-state index contributed by atoms with van der Waals surface area (Å²) in [5.74, 6) is 1.88. The van der Waals surface area contributed by atoms with Gasteiger partial charge < -0.3 is 9.88 Å². The molecule has 1 atom stereocenters. The lowest BCUT2D eigenvalue weighted by molar-refractivity contribution is -0.121. The van der Waals surface area contributed by atoms with Crippen molar-refractivity contribution in [2.75, 3.05) is 19.6 Å². The molecule has 1 N–H and O–H groups in total. The van der Waals surface area contributed by atoms with Gasteiger partial charge in [0.2, 0.25) is 5.91 Å². The molecule has 1 aromatic heterocycles. The molecular weight excluding hydrogens is 398 g/mol. The van der Waals surface area contributed by atoms with Crippen molar-refractivity contribution in [2.24, 2.45) is 0 Å². The first-order valence-corrected chi connectivity index (χ1v) is 11.4. The summed E-state index contributed by atoms with van der Waals surface area (Å²) in [6.07, 6.45) is 6.46. The molecule has 6 heteroatoms. The minimum Gasteiger partial charge on any atom is -0.346 e. The predicted octanol–water partition coefficient (Wildman–Crippen LogP) is 3.66. The number of carbonyl (C=O) groups excluding carboxylic acids is 1. The average molecular weight is 430 g/mol. The first-order chi connectivity index (χ1) is 15.7. The van der Waals surface area contributed by atoms with Crippen molar-refractivity contribution in [2.45, 2.75) is 38.8 Å². The molecule has 1 aliphatic heterocycles. The van der Waals surface area contributed by atoms with E-state index in [9.17, 15) is 4.79 Å². The van der Waals surface area contributed by atoms with Crippen LogP contribution >= 0.6 is 0 Å². The number of fused-ring (bicyclic) bond motifs is 1. The molecule has 4 rings (SSSR count). The predicted molar refractivity (Wildman–Crippen MR) is 127 cm³/mol. The minimum atomic E-state index is -0.163. The van der Waals surface area contributed by atoms with Gasteiger partial charge in [-0.1, -0.05) is 72.8 Å². The highest BCUT2D eigenvalue weighted by Gasteiger charge is 2.22. The van der Waals surface area contributed by atoms with Gasteiger partial charge in [-0.05, 0) is 24.5 Å². The SMILES string of the molecule is CC(NC(=O)CCc1ccccc1)c1nnc2n1CCN(C/C=C/c1ccccc1)CC2. The second-order valence-corrected chi connectivity index (χ2v) is 8.26. The van der Waals surface area contributed by atoms with Crippen LogP contribution in [0.1, 0.15) is 42.2 Å². The van der Waals surface area contributed by atoms with Crippen LogP contribution in [0.4, 0.5) is 0 Å². The van der Waals surface area contributed by atoms with E-state index in [-0.39, 0.29) is 11.9 Å². The van der Waals surface area contributed by atoms with Crippen LogP contribution in [0.5, 0.6) is 0 Å². The highest BCUT2D eigenvalue weighted by atomic mass is 16.1. The zero-order valence-electron chi connectivity index (χ0n) is 18.7. The monoisotopic (exact) mass is 429 g/mol. The van der Waals surface area contributed by atoms with Crippen LogP contribution in [0.3, 0.4) is 0 Å². The largest absolute Gasteiger partial charge is 0.346 e. The number of hydrogen-bond acceptors (Lipinski definition) is 4. The molecule has 0 saturated heterocycles. The molecule has 2 heterocycles. The summed E-state index contributed by atoms with van der Waals surface area (Å²) in [7, 11) is 0. The number of carbonyl (C=O) groups is 1. The fraction of sp³-hybridized carbons (Fsp3) is 0.346. The van der Waals surface area contributed by atoms with Gasteiger partial charge in [-0.25, -0.2) is 0 Å². The zero-order chi connectivity index (χ0) is 22.2. The van der Waals surface area contributed by atoms with E-state index >= 15 is 0 Å². The molecule has 0 saturated carbocycles. The van der Waals surface area contributed by atoms with Gasteiger partial charge in [0.15, 0.2) is 5.82 Å². The number of amides is 1. The Kier molecular flexibility index (Phi) is 7.46. The molecule has 1 amide bonds. The highest BCUT2D eigenvalue weighted by Crippen LogP contribution is 2.16. The second kappa shape index (κ2) is 10.9. The average Bonchev–Trinajstić information content (AvgIpc) is 3.13. The number of nitrogens with zero attached hydrogens (tertiary/aromatic N) is 4. The highest BCUT2D eigenvalue weighted by molar-refractivity contribution is 5.76. The molecule has 1 aliphatic rings. The van der Waals surface area contributed by atoms with Crippen LogP contribution in [-0.4, -0.2) is 45.2 Å². The van der Waals surface area contributed by atoms with Gasteiger partial charge in [0, 0.05) is 39.0 Å². The van der Waals surface area contributed by atoms with Crippen LogP contribution in [0.2, 0.25) is 0 Å². The summed E-state index contributed by atoms with van der Waals surface area (Å²) in [6, 6.07) is 20.3. The van der Waals surface area contributed by atoms with Gasteiger partial charge in [-0.2, -0.15) is 0 Å². The first kappa shape index (κ1) is 22.0. The summed E-state index contributed by atoms with van der Waals surface area (Å²) in [6.45, 7) is 5.62. The summed E-state index contributed by atoms with van der Waals surface area (Å²) in [5.41, 5.74) is 2.40. The van der Waals surface area contributed by atoms with Crippen molar-refractivity contribution in [3.63, 3.8) is 0 Å². The summed E-state index contributed by atoms with van der Waals surface area (Å²) >= 11 is 0. The van der Waals surface area contributed by atoms with Crippen LogP contribution in [0, 0.1) is 0 Å². The lowest BCUT2D eigenvalue weighted by Gasteiger charge is -2.18. The van der Waals surface area contributed by atoms with Crippen molar-refractivity contribution in [3.05, 3.63) is 89.5 Å². The molecule has 3 aromatic rings. The maximum atomic E-state index is 12.5. The number of aryl methyl sites for hydroxylation is 1. The number of nitrogens with one attached hydrogen (secondary N) is 1. The molecule has 6 nitrogen and oxygen atoms in total. The Labute approximate surface area is 190 Å². The third kappa shape index (κ3) is 5.92. The zero-order valence-corrected chi connectivity index (χ0v) is 18.7. The van der Waals surface area contributed by atoms with Gasteiger partial charge in [-0.15, -0.1) is 10.2 Å². The van der Waals surface area contributed by atoms with Crippen molar-refractivity contribution in [3.8, 4) is 0 Å². The molecule has 0 radical (unpaired) electrons. The van der Waals surface area contributed by atoms with E-state index in [2.05, 4.69) is 73.5 Å². The van der Waals surface area contributed by atoms with Crippen LogP contribution < -0.4 is 5.32 Å². The summed E-state index contributed by atoms with van der Waals surface area (Å²) in [5, 5.41) is 11.9. The Morgan fingerprint density at radius 2 is 1.78 bits per heavy atom. The number of benzene rings is 2. The van der Waals surface area contributed by atoms with Gasteiger partial charge in [0.1, 0.15) is 5.82 Å². The molecule has 0 spiro atoms. The molecule has 2 aromatic carbocycles. The molecule has 0 aliphatic carbocycles. The van der Waals surface area contributed by atoms with Gasteiger partial charge in [0.05, 0.1) is 6.04 Å². The molecule has 1 unspecified atom stereocenters. The molecule has 166 valence electrons. The van der Waals surface area contributed by atoms with Gasteiger partial charge in [-0.3, -0.25) is 9.69 Å². The van der Waals surface area contributed by atoms with E-state index in [4.69, 9.17) is 0 Å². The number of rotatable bonds is 8. The Balaban J connectivity index is 1.29. The summed E-state index contributed by atoms with van der Waals surface area (Å²) in [4.78, 5) is 14.9. The Bertz CT molecular complexity index is 1030. The second-order valence-electron chi connectivity index (χ2n) is 8.26. The molecular formula is C26H31N5O. The van der Waals surface area contributed by atoms with E-state index in [1.54, 1.807) is 0 Å². The fourth-order valence-electron chi connectivity index (χ4n) is 4.07. The van der Waals surface area contributed by atoms with Crippen LogP contribution in [0.25, 0.3) is 6.08 Å². The Morgan fingerprint density at radius 3 is 2.56 bits per heavy atom. The van der Waals surface area contributed by atoms with Gasteiger partial charge in [0.25, 0.3) is 0 Å². The van der Waals surface area contributed by atoms with E-state index in [1.165, 1.54) is 11.1 Å². The van der Waals surface area contributed by atoms with Crippen molar-refractivity contribution < 1.29 is 4.79 Å². The lowest BCUT2D eigenvalue weighted by Crippen LogP contribution is -2.30. The molecule has 0 fully saturated rings. The maximum Gasteiger partial charge on any atom is 0.220 e. The number of hydrogen-bond donors (Lipinski definition) is 1. The van der Waals surface area contributed by atoms with E-state index in [0.717, 1.165) is 50.7 Å². The number of aromatic nitrogens is 3. The standard InChI is InChI=1S/C26H31N5O/c1-21(27-25(32)15-14-23-11-6-3-7-12-23)26-29-28-24-16-18-30(19-20-31(24)26)17-8-13-22-9-4-2-5-10-22/h2-13,21H,14-20H2,1H3,(H,27,32)/b13-8+. The third-order valence-corrected chi connectivity index (χ3v) is 5.87. The maximum absolute atomic E-state index is 12.5. The van der Waals surface area contributed by atoms with Crippen molar-refractivity contribution in [1.29, 1.82) is 0 Å².